The van der Waals surface area contributed by atoms with E-state index in [9.17, 15) is 0 Å². The second kappa shape index (κ2) is 8.19. The first-order valence-corrected chi connectivity index (χ1v) is 10.9. The fraction of sp³-hybridized carbons (Fsp3) is 0.700. The molecule has 0 saturated carbocycles. The van der Waals surface area contributed by atoms with Crippen LogP contribution in [0.25, 0.3) is 0 Å². The molecule has 2 aromatic rings. The van der Waals surface area contributed by atoms with E-state index >= 15 is 0 Å². The highest BCUT2D eigenvalue weighted by atomic mass is 32.1. The van der Waals surface area contributed by atoms with E-state index in [2.05, 4.69) is 50.7 Å². The minimum Gasteiger partial charge on any atom is -0.317 e. The maximum atomic E-state index is 4.59. The highest BCUT2D eigenvalue weighted by Crippen LogP contribution is 2.28. The molecule has 5 nitrogen and oxygen atoms in total. The van der Waals surface area contributed by atoms with Crippen molar-refractivity contribution < 1.29 is 0 Å². The number of thiophene rings is 1. The molecular weight excluding hydrogens is 342 g/mol. The molecule has 0 unspecified atom stereocenters. The lowest BCUT2D eigenvalue weighted by molar-refractivity contribution is 0.200. The largest absolute Gasteiger partial charge is 0.317 e. The van der Waals surface area contributed by atoms with E-state index in [-0.39, 0.29) is 0 Å². The van der Waals surface area contributed by atoms with Gasteiger partial charge in [-0.2, -0.15) is 0 Å². The number of rotatable bonds is 5. The van der Waals surface area contributed by atoms with E-state index in [1.165, 1.54) is 60.8 Å². The Morgan fingerprint density at radius 1 is 0.962 bits per heavy atom. The van der Waals surface area contributed by atoms with Crippen LogP contribution in [-0.2, 0) is 20.1 Å². The Kier molecular flexibility index (Phi) is 5.72. The van der Waals surface area contributed by atoms with Gasteiger partial charge in [0.1, 0.15) is 11.6 Å². The first-order valence-electron chi connectivity index (χ1n) is 10.1. The van der Waals surface area contributed by atoms with Crippen molar-refractivity contribution in [3.63, 3.8) is 0 Å². The number of hydrogen-bond donors (Lipinski definition) is 0. The number of hydrogen-bond acceptors (Lipinski definition) is 5. The van der Waals surface area contributed by atoms with Crippen molar-refractivity contribution in [3.8, 4) is 0 Å². The zero-order valence-electron chi connectivity index (χ0n) is 16.2. The molecule has 6 heteroatoms. The zero-order chi connectivity index (χ0) is 17.9. The van der Waals surface area contributed by atoms with Crippen LogP contribution in [0.3, 0.4) is 0 Å². The van der Waals surface area contributed by atoms with E-state index in [0.717, 1.165) is 32.0 Å². The first-order chi connectivity index (χ1) is 12.7. The molecule has 2 aliphatic rings. The minimum absolute atomic E-state index is 0.559. The first kappa shape index (κ1) is 18.1. The van der Waals surface area contributed by atoms with Crippen molar-refractivity contribution in [2.24, 2.45) is 7.05 Å². The van der Waals surface area contributed by atoms with Crippen LogP contribution in [0.1, 0.15) is 59.4 Å². The standard InChI is InChI=1S/C20H31N5S/c1-16-6-7-18(26-16)14-25-12-8-17(9-13-25)20-22-21-19(23(20)2)15-24-10-4-3-5-11-24/h6-7,17H,3-5,8-15H2,1-2H3. The zero-order valence-corrected chi connectivity index (χ0v) is 17.0. The fourth-order valence-electron chi connectivity index (χ4n) is 4.33. The molecule has 2 fully saturated rings. The van der Waals surface area contributed by atoms with Crippen molar-refractivity contribution in [3.05, 3.63) is 33.5 Å². The van der Waals surface area contributed by atoms with Crippen LogP contribution in [0, 0.1) is 6.92 Å². The van der Waals surface area contributed by atoms with E-state index in [0.29, 0.717) is 5.92 Å². The fourth-order valence-corrected chi connectivity index (χ4v) is 5.26. The third-order valence-corrected chi connectivity index (χ3v) is 6.93. The van der Waals surface area contributed by atoms with Gasteiger partial charge in [0.25, 0.3) is 0 Å². The van der Waals surface area contributed by atoms with Crippen LogP contribution < -0.4 is 0 Å². The maximum absolute atomic E-state index is 4.59. The summed E-state index contributed by atoms with van der Waals surface area (Å²) in [6.45, 7) is 9.00. The lowest BCUT2D eigenvalue weighted by Gasteiger charge is -2.31. The van der Waals surface area contributed by atoms with Gasteiger partial charge in [-0.05, 0) is 70.9 Å². The summed E-state index contributed by atoms with van der Waals surface area (Å²) in [5, 5.41) is 9.12. The molecule has 0 amide bonds. The molecule has 0 aromatic carbocycles. The lowest BCUT2D eigenvalue weighted by atomic mass is 9.96. The summed E-state index contributed by atoms with van der Waals surface area (Å²) in [7, 11) is 2.16. The van der Waals surface area contributed by atoms with Gasteiger partial charge >= 0.3 is 0 Å². The summed E-state index contributed by atoms with van der Waals surface area (Å²) in [4.78, 5) is 8.02. The second-order valence-electron chi connectivity index (χ2n) is 7.93. The molecule has 0 bridgehead atoms. The Morgan fingerprint density at radius 3 is 2.38 bits per heavy atom. The number of aryl methyl sites for hydroxylation is 1. The molecule has 2 aliphatic heterocycles. The summed E-state index contributed by atoms with van der Waals surface area (Å²) in [5.74, 6) is 2.89. The van der Waals surface area contributed by atoms with E-state index in [1.54, 1.807) is 0 Å². The van der Waals surface area contributed by atoms with Crippen LogP contribution in [-0.4, -0.2) is 50.7 Å². The van der Waals surface area contributed by atoms with Crippen LogP contribution in [0.15, 0.2) is 12.1 Å². The number of aromatic nitrogens is 3. The SMILES string of the molecule is Cc1ccc(CN2CCC(c3nnc(CN4CCCCC4)n3C)CC2)s1. The third-order valence-electron chi connectivity index (χ3n) is 5.94. The average Bonchev–Trinajstić information content (AvgIpc) is 3.23. The van der Waals surface area contributed by atoms with Gasteiger partial charge in [0.15, 0.2) is 0 Å². The van der Waals surface area contributed by atoms with Gasteiger partial charge in [-0.3, -0.25) is 9.80 Å². The van der Waals surface area contributed by atoms with Crippen molar-refractivity contribution in [2.45, 2.75) is 58.0 Å². The Balaban J connectivity index is 1.32. The van der Waals surface area contributed by atoms with Gasteiger partial charge < -0.3 is 4.57 Å². The molecule has 4 rings (SSSR count). The lowest BCUT2D eigenvalue weighted by Crippen LogP contribution is -2.33. The molecule has 26 heavy (non-hydrogen) atoms. The molecule has 2 aromatic heterocycles. The van der Waals surface area contributed by atoms with E-state index in [4.69, 9.17) is 0 Å². The van der Waals surface area contributed by atoms with Crippen LogP contribution in [0.5, 0.6) is 0 Å². The summed E-state index contributed by atoms with van der Waals surface area (Å²) in [6, 6.07) is 4.51. The quantitative estimate of drug-likeness (QED) is 0.803. The Bertz CT molecular complexity index is 708. The molecule has 4 heterocycles. The molecule has 2 saturated heterocycles. The molecule has 0 aliphatic carbocycles. The predicted molar refractivity (Wildman–Crippen MR) is 106 cm³/mol. The normalized spacial score (nSPS) is 20.7. The van der Waals surface area contributed by atoms with Crippen molar-refractivity contribution >= 4 is 11.3 Å². The number of piperidine rings is 2. The minimum atomic E-state index is 0.559. The monoisotopic (exact) mass is 373 g/mol. The molecule has 0 N–H and O–H groups in total. The highest BCUT2D eigenvalue weighted by molar-refractivity contribution is 7.11. The number of likely N-dealkylation sites (tertiary alicyclic amines) is 2. The molecule has 0 spiro atoms. The summed E-state index contributed by atoms with van der Waals surface area (Å²) >= 11 is 1.93. The van der Waals surface area contributed by atoms with Gasteiger partial charge in [-0.25, -0.2) is 0 Å². The van der Waals surface area contributed by atoms with Gasteiger partial charge in [-0.1, -0.05) is 6.42 Å². The Morgan fingerprint density at radius 2 is 1.69 bits per heavy atom. The average molecular weight is 374 g/mol. The summed E-state index contributed by atoms with van der Waals surface area (Å²) < 4.78 is 2.28. The van der Waals surface area contributed by atoms with Crippen LogP contribution >= 0.6 is 11.3 Å². The Hall–Kier alpha value is -1.24. The highest BCUT2D eigenvalue weighted by Gasteiger charge is 2.26. The predicted octanol–water partition coefficient (Wildman–Crippen LogP) is 3.55. The second-order valence-corrected chi connectivity index (χ2v) is 9.31. The maximum Gasteiger partial charge on any atom is 0.146 e. The van der Waals surface area contributed by atoms with Crippen molar-refractivity contribution in [2.75, 3.05) is 26.2 Å². The molecule has 142 valence electrons. The van der Waals surface area contributed by atoms with Crippen molar-refractivity contribution in [1.29, 1.82) is 0 Å². The molecule has 0 atom stereocenters. The van der Waals surface area contributed by atoms with Gasteiger partial charge in [0.2, 0.25) is 0 Å². The molecule has 0 radical (unpaired) electrons. The Labute approximate surface area is 161 Å². The molecular formula is C20H31N5S. The number of nitrogens with zero attached hydrogens (tertiary/aromatic N) is 5. The van der Waals surface area contributed by atoms with Gasteiger partial charge in [0.05, 0.1) is 6.54 Å². The van der Waals surface area contributed by atoms with Crippen LogP contribution in [0.4, 0.5) is 0 Å². The topological polar surface area (TPSA) is 37.2 Å². The van der Waals surface area contributed by atoms with E-state index < -0.39 is 0 Å². The summed E-state index contributed by atoms with van der Waals surface area (Å²) in [6.07, 6.45) is 6.42. The third kappa shape index (κ3) is 4.18. The smallest absolute Gasteiger partial charge is 0.146 e. The van der Waals surface area contributed by atoms with Crippen LogP contribution in [0.2, 0.25) is 0 Å². The summed E-state index contributed by atoms with van der Waals surface area (Å²) in [5.41, 5.74) is 0. The van der Waals surface area contributed by atoms with Crippen molar-refractivity contribution in [1.82, 2.24) is 24.6 Å². The van der Waals surface area contributed by atoms with Gasteiger partial charge in [0, 0.05) is 29.3 Å². The van der Waals surface area contributed by atoms with E-state index in [1.807, 2.05) is 11.3 Å². The van der Waals surface area contributed by atoms with Gasteiger partial charge in [-0.15, -0.1) is 21.5 Å².